The third kappa shape index (κ3) is 2.64. The summed E-state index contributed by atoms with van der Waals surface area (Å²) in [5.74, 6) is 0.207. The second kappa shape index (κ2) is 4.84. The van der Waals surface area contributed by atoms with Crippen LogP contribution in [0.4, 0.5) is 4.39 Å². The van der Waals surface area contributed by atoms with E-state index in [-0.39, 0.29) is 17.1 Å². The van der Waals surface area contributed by atoms with Gasteiger partial charge in [-0.3, -0.25) is 4.79 Å². The number of benzene rings is 1. The summed E-state index contributed by atoms with van der Waals surface area (Å²) in [4.78, 5) is 12.0. The highest BCUT2D eigenvalue weighted by atomic mass is 79.9. The predicted octanol–water partition coefficient (Wildman–Crippen LogP) is 3.97. The molecule has 0 aliphatic rings. The molecule has 4 heteroatoms. The summed E-state index contributed by atoms with van der Waals surface area (Å²) in [5, 5.41) is 0. The van der Waals surface area contributed by atoms with E-state index < -0.39 is 5.82 Å². The third-order valence-corrected chi connectivity index (χ3v) is 2.82. The van der Waals surface area contributed by atoms with Crippen molar-refractivity contribution in [2.45, 2.75) is 13.3 Å². The molecular weight excluding hydrogens is 287 g/mol. The number of carbonyl (C=O) groups is 1. The van der Waals surface area contributed by atoms with Crippen molar-refractivity contribution >= 4 is 21.7 Å². The molecule has 0 spiro atoms. The molecule has 0 fully saturated rings. The third-order valence-electron chi connectivity index (χ3n) is 2.36. The lowest BCUT2D eigenvalue weighted by molar-refractivity contribution is 0.101. The van der Waals surface area contributed by atoms with E-state index in [1.54, 1.807) is 18.2 Å². The monoisotopic (exact) mass is 296 g/mol. The van der Waals surface area contributed by atoms with E-state index in [1.165, 1.54) is 12.1 Å². The molecule has 0 saturated carbocycles. The summed E-state index contributed by atoms with van der Waals surface area (Å²) in [6.45, 7) is 1.94. The minimum Gasteiger partial charge on any atom is -0.458 e. The molecule has 0 aliphatic carbocycles. The summed E-state index contributed by atoms with van der Waals surface area (Å²) in [6, 6.07) is 7.43. The van der Waals surface area contributed by atoms with Crippen molar-refractivity contribution in [3.63, 3.8) is 0 Å². The fourth-order valence-corrected chi connectivity index (χ4v) is 1.98. The highest BCUT2D eigenvalue weighted by Gasteiger charge is 2.14. The van der Waals surface area contributed by atoms with Crippen LogP contribution in [0.15, 0.2) is 39.2 Å². The molecule has 2 aromatic rings. The Morgan fingerprint density at radius 3 is 2.71 bits per heavy atom. The maximum atomic E-state index is 13.2. The molecule has 1 aromatic heterocycles. The Morgan fingerprint density at radius 2 is 2.12 bits per heavy atom. The van der Waals surface area contributed by atoms with Crippen LogP contribution in [0.25, 0.3) is 0 Å². The van der Waals surface area contributed by atoms with E-state index in [4.69, 9.17) is 4.42 Å². The van der Waals surface area contributed by atoms with Gasteiger partial charge in [0.05, 0.1) is 0 Å². The second-order valence-corrected chi connectivity index (χ2v) is 4.52. The van der Waals surface area contributed by atoms with Crippen molar-refractivity contribution in [1.82, 2.24) is 0 Å². The van der Waals surface area contributed by atoms with E-state index in [0.717, 1.165) is 12.2 Å². The SMILES string of the molecule is CCc1ccc(C(=O)c2cc(F)cc(Br)c2)o1. The van der Waals surface area contributed by atoms with Crippen LogP contribution in [-0.4, -0.2) is 5.78 Å². The Balaban J connectivity index is 2.36. The van der Waals surface area contributed by atoms with Gasteiger partial charge < -0.3 is 4.42 Å². The number of carbonyl (C=O) groups excluding carboxylic acids is 1. The van der Waals surface area contributed by atoms with Crippen LogP contribution in [0.5, 0.6) is 0 Å². The molecule has 0 N–H and O–H groups in total. The first-order valence-electron chi connectivity index (χ1n) is 5.19. The van der Waals surface area contributed by atoms with Gasteiger partial charge in [-0.1, -0.05) is 22.9 Å². The molecule has 1 aromatic carbocycles. The molecule has 2 nitrogen and oxygen atoms in total. The van der Waals surface area contributed by atoms with Crippen molar-refractivity contribution < 1.29 is 13.6 Å². The quantitative estimate of drug-likeness (QED) is 0.802. The molecule has 0 aliphatic heterocycles. The van der Waals surface area contributed by atoms with E-state index in [0.29, 0.717) is 4.47 Å². The van der Waals surface area contributed by atoms with Crippen LogP contribution in [0, 0.1) is 5.82 Å². The molecule has 0 atom stereocenters. The van der Waals surface area contributed by atoms with Crippen molar-refractivity contribution in [1.29, 1.82) is 0 Å². The minimum atomic E-state index is -0.454. The standard InChI is InChI=1S/C13H10BrFO2/c1-2-11-3-4-12(17-11)13(16)8-5-9(14)7-10(15)6-8/h3-7H,2H2,1H3. The smallest absolute Gasteiger partial charge is 0.228 e. The van der Waals surface area contributed by atoms with Crippen molar-refractivity contribution in [2.24, 2.45) is 0 Å². The van der Waals surface area contributed by atoms with Gasteiger partial charge in [-0.25, -0.2) is 4.39 Å². The van der Waals surface area contributed by atoms with Gasteiger partial charge >= 0.3 is 0 Å². The first-order chi connectivity index (χ1) is 8.10. The lowest BCUT2D eigenvalue weighted by atomic mass is 10.1. The van der Waals surface area contributed by atoms with Gasteiger partial charge in [0.1, 0.15) is 11.6 Å². The summed E-state index contributed by atoms with van der Waals surface area (Å²) in [7, 11) is 0. The molecule has 0 amide bonds. The maximum Gasteiger partial charge on any atom is 0.228 e. The van der Waals surface area contributed by atoms with Crippen LogP contribution in [0.1, 0.15) is 28.8 Å². The number of halogens is 2. The second-order valence-electron chi connectivity index (χ2n) is 3.61. The number of aryl methyl sites for hydroxylation is 1. The van der Waals surface area contributed by atoms with Gasteiger partial charge in [0.15, 0.2) is 5.76 Å². The number of hydrogen-bond acceptors (Lipinski definition) is 2. The molecule has 0 saturated heterocycles. The van der Waals surface area contributed by atoms with Gasteiger partial charge in [0, 0.05) is 16.5 Å². The van der Waals surface area contributed by atoms with Gasteiger partial charge in [0.25, 0.3) is 0 Å². The Hall–Kier alpha value is -1.42. The number of hydrogen-bond donors (Lipinski definition) is 0. The number of ketones is 1. The van der Waals surface area contributed by atoms with Crippen molar-refractivity contribution in [2.75, 3.05) is 0 Å². The van der Waals surface area contributed by atoms with Crippen LogP contribution < -0.4 is 0 Å². The Kier molecular flexibility index (Phi) is 3.43. The summed E-state index contributed by atoms with van der Waals surface area (Å²) in [5.41, 5.74) is 0.272. The Morgan fingerprint density at radius 1 is 1.35 bits per heavy atom. The van der Waals surface area contributed by atoms with Gasteiger partial charge in [-0.2, -0.15) is 0 Å². The molecule has 88 valence electrons. The first kappa shape index (κ1) is 12.0. The van der Waals surface area contributed by atoms with Gasteiger partial charge in [0.2, 0.25) is 5.78 Å². The number of rotatable bonds is 3. The average molecular weight is 297 g/mol. The van der Waals surface area contributed by atoms with E-state index in [1.807, 2.05) is 6.92 Å². The van der Waals surface area contributed by atoms with Crippen LogP contribution in [-0.2, 0) is 6.42 Å². The molecule has 2 rings (SSSR count). The lowest BCUT2D eigenvalue weighted by Gasteiger charge is -1.99. The highest BCUT2D eigenvalue weighted by molar-refractivity contribution is 9.10. The summed E-state index contributed by atoms with van der Waals surface area (Å²) >= 11 is 3.15. The minimum absolute atomic E-state index is 0.236. The molecule has 17 heavy (non-hydrogen) atoms. The Bertz CT molecular complexity index is 540. The number of furan rings is 1. The maximum absolute atomic E-state index is 13.2. The molecule has 1 heterocycles. The van der Waals surface area contributed by atoms with Crippen molar-refractivity contribution in [3.05, 3.63) is 57.7 Å². The average Bonchev–Trinajstić information content (AvgIpc) is 2.75. The molecular formula is C13H10BrFO2. The van der Waals surface area contributed by atoms with Crippen LogP contribution in [0.2, 0.25) is 0 Å². The zero-order valence-electron chi connectivity index (χ0n) is 9.17. The van der Waals surface area contributed by atoms with Crippen molar-refractivity contribution in [3.8, 4) is 0 Å². The van der Waals surface area contributed by atoms with E-state index >= 15 is 0 Å². The van der Waals surface area contributed by atoms with E-state index in [9.17, 15) is 9.18 Å². The molecule has 0 radical (unpaired) electrons. The zero-order valence-corrected chi connectivity index (χ0v) is 10.8. The summed E-state index contributed by atoms with van der Waals surface area (Å²) < 4.78 is 19.0. The fourth-order valence-electron chi connectivity index (χ4n) is 1.52. The summed E-state index contributed by atoms with van der Waals surface area (Å²) in [6.07, 6.45) is 0.722. The normalized spacial score (nSPS) is 10.5. The largest absolute Gasteiger partial charge is 0.458 e. The highest BCUT2D eigenvalue weighted by Crippen LogP contribution is 2.19. The molecule has 0 bridgehead atoms. The molecule has 0 unspecified atom stereocenters. The van der Waals surface area contributed by atoms with Gasteiger partial charge in [-0.15, -0.1) is 0 Å². The van der Waals surface area contributed by atoms with E-state index in [2.05, 4.69) is 15.9 Å². The zero-order chi connectivity index (χ0) is 12.4. The van der Waals surface area contributed by atoms with Crippen LogP contribution in [0.3, 0.4) is 0 Å². The fraction of sp³-hybridized carbons (Fsp3) is 0.154. The van der Waals surface area contributed by atoms with Gasteiger partial charge in [-0.05, 0) is 30.3 Å². The van der Waals surface area contributed by atoms with Crippen LogP contribution >= 0.6 is 15.9 Å². The first-order valence-corrected chi connectivity index (χ1v) is 5.99. The lowest BCUT2D eigenvalue weighted by Crippen LogP contribution is -2.00. The Labute approximate surface area is 107 Å². The topological polar surface area (TPSA) is 30.2 Å². The predicted molar refractivity (Wildman–Crippen MR) is 65.6 cm³/mol.